The predicted octanol–water partition coefficient (Wildman–Crippen LogP) is 1.98. The van der Waals surface area contributed by atoms with Crippen molar-refractivity contribution in [1.82, 2.24) is 10.2 Å². The summed E-state index contributed by atoms with van der Waals surface area (Å²) < 4.78 is 21.3. The standard InChI is InChI=1S/C29H39N3O10/c1-29(2,3)42-24(35)18-41-17-16-40-15-14-39-13-6-4-5-10-22(33)30-20-9-7-8-19-25(20)28(38)32(27(19)37)21-11-12-23(34)31-26(21)36/h7-9,21H,4-6,10-18H2,1-3H3,(H,30,33)(H,31,34,36). The van der Waals surface area contributed by atoms with Gasteiger partial charge in [0.15, 0.2) is 0 Å². The molecular formula is C29H39N3O10. The third-order valence-electron chi connectivity index (χ3n) is 6.32. The zero-order valence-corrected chi connectivity index (χ0v) is 24.3. The molecule has 1 fully saturated rings. The average Bonchev–Trinajstić information content (AvgIpc) is 3.16. The van der Waals surface area contributed by atoms with Crippen molar-refractivity contribution in [2.24, 2.45) is 0 Å². The molecule has 13 nitrogen and oxygen atoms in total. The molecule has 0 aromatic heterocycles. The molecule has 3 rings (SSSR count). The van der Waals surface area contributed by atoms with E-state index in [1.807, 2.05) is 0 Å². The summed E-state index contributed by atoms with van der Waals surface area (Å²) in [5, 5.41) is 4.87. The number of fused-ring (bicyclic) bond motifs is 1. The number of piperidine rings is 1. The number of carbonyl (C=O) groups is 6. The van der Waals surface area contributed by atoms with Gasteiger partial charge in [0.2, 0.25) is 17.7 Å². The highest BCUT2D eigenvalue weighted by Gasteiger charge is 2.45. The monoisotopic (exact) mass is 589 g/mol. The van der Waals surface area contributed by atoms with Crippen molar-refractivity contribution >= 4 is 41.2 Å². The lowest BCUT2D eigenvalue weighted by Gasteiger charge is -2.27. The van der Waals surface area contributed by atoms with Crippen molar-refractivity contribution in [2.45, 2.75) is 70.9 Å². The van der Waals surface area contributed by atoms with Crippen LogP contribution in [-0.4, -0.2) is 91.7 Å². The number of carbonyl (C=O) groups excluding carboxylic acids is 6. The van der Waals surface area contributed by atoms with Gasteiger partial charge in [-0.25, -0.2) is 4.79 Å². The van der Waals surface area contributed by atoms with E-state index in [0.717, 1.165) is 17.7 Å². The van der Waals surface area contributed by atoms with Crippen molar-refractivity contribution in [1.29, 1.82) is 0 Å². The molecule has 2 aliphatic rings. The lowest BCUT2D eigenvalue weighted by molar-refractivity contribution is -0.160. The topological polar surface area (TPSA) is 167 Å². The van der Waals surface area contributed by atoms with Gasteiger partial charge in [-0.15, -0.1) is 0 Å². The molecule has 2 N–H and O–H groups in total. The molecule has 0 saturated carbocycles. The van der Waals surface area contributed by atoms with Gasteiger partial charge >= 0.3 is 5.97 Å². The van der Waals surface area contributed by atoms with Crippen LogP contribution in [0.15, 0.2) is 18.2 Å². The second-order valence-electron chi connectivity index (χ2n) is 10.9. The van der Waals surface area contributed by atoms with Crippen LogP contribution >= 0.6 is 0 Å². The maximum absolute atomic E-state index is 13.1. The minimum absolute atomic E-state index is 0.0282. The van der Waals surface area contributed by atoms with Crippen LogP contribution in [0, 0.1) is 0 Å². The second-order valence-corrected chi connectivity index (χ2v) is 10.9. The van der Waals surface area contributed by atoms with Crippen molar-refractivity contribution < 1.29 is 47.7 Å². The zero-order valence-electron chi connectivity index (χ0n) is 24.3. The summed E-state index contributed by atoms with van der Waals surface area (Å²) in [5.41, 5.74) is -0.176. The molecule has 0 bridgehead atoms. The number of unbranched alkanes of at least 4 members (excludes halogenated alkanes) is 2. The summed E-state index contributed by atoms with van der Waals surface area (Å²) in [6, 6.07) is 3.50. The molecule has 1 aromatic rings. The van der Waals surface area contributed by atoms with Gasteiger partial charge in [-0.3, -0.25) is 34.2 Å². The fraction of sp³-hybridized carbons (Fsp3) is 0.586. The van der Waals surface area contributed by atoms with Crippen LogP contribution in [0.2, 0.25) is 0 Å². The molecule has 0 aliphatic carbocycles. The maximum atomic E-state index is 13.1. The van der Waals surface area contributed by atoms with Crippen LogP contribution in [0.25, 0.3) is 0 Å². The van der Waals surface area contributed by atoms with Gasteiger partial charge < -0.3 is 24.3 Å². The molecule has 42 heavy (non-hydrogen) atoms. The molecule has 0 spiro atoms. The number of hydrogen-bond acceptors (Lipinski definition) is 10. The molecule has 13 heteroatoms. The van der Waals surface area contributed by atoms with Crippen LogP contribution in [-0.2, 0) is 38.1 Å². The van der Waals surface area contributed by atoms with E-state index in [1.54, 1.807) is 32.9 Å². The van der Waals surface area contributed by atoms with E-state index >= 15 is 0 Å². The highest BCUT2D eigenvalue weighted by Crippen LogP contribution is 2.32. The van der Waals surface area contributed by atoms with Gasteiger partial charge in [-0.1, -0.05) is 12.5 Å². The Morgan fingerprint density at radius 2 is 1.62 bits per heavy atom. The maximum Gasteiger partial charge on any atom is 0.332 e. The van der Waals surface area contributed by atoms with Gasteiger partial charge in [0.05, 0.1) is 43.2 Å². The van der Waals surface area contributed by atoms with Crippen LogP contribution < -0.4 is 10.6 Å². The van der Waals surface area contributed by atoms with Crippen LogP contribution in [0.1, 0.15) is 80.0 Å². The third-order valence-corrected chi connectivity index (χ3v) is 6.32. The van der Waals surface area contributed by atoms with Crippen LogP contribution in [0.3, 0.4) is 0 Å². The van der Waals surface area contributed by atoms with E-state index in [-0.39, 0.29) is 55.2 Å². The summed E-state index contributed by atoms with van der Waals surface area (Å²) >= 11 is 0. The minimum Gasteiger partial charge on any atom is -0.458 e. The summed E-state index contributed by atoms with van der Waals surface area (Å²) in [5.74, 6) is -3.16. The first-order valence-corrected chi connectivity index (χ1v) is 14.1. The van der Waals surface area contributed by atoms with Gasteiger partial charge in [0, 0.05) is 19.4 Å². The Morgan fingerprint density at radius 3 is 2.31 bits per heavy atom. The van der Waals surface area contributed by atoms with E-state index < -0.39 is 41.2 Å². The van der Waals surface area contributed by atoms with Crippen LogP contribution in [0.5, 0.6) is 0 Å². The Kier molecular flexibility index (Phi) is 12.1. The van der Waals surface area contributed by atoms with Crippen molar-refractivity contribution in [3.63, 3.8) is 0 Å². The number of nitrogens with one attached hydrogen (secondary N) is 2. The predicted molar refractivity (Wildman–Crippen MR) is 149 cm³/mol. The van der Waals surface area contributed by atoms with Gasteiger partial charge in [0.1, 0.15) is 18.2 Å². The highest BCUT2D eigenvalue weighted by atomic mass is 16.6. The fourth-order valence-corrected chi connectivity index (χ4v) is 4.46. The summed E-state index contributed by atoms with van der Waals surface area (Å²) in [7, 11) is 0. The number of imide groups is 2. The van der Waals surface area contributed by atoms with E-state index in [4.69, 9.17) is 18.9 Å². The first kappa shape index (κ1) is 32.8. The largest absolute Gasteiger partial charge is 0.458 e. The first-order chi connectivity index (χ1) is 20.0. The summed E-state index contributed by atoms with van der Waals surface area (Å²) in [6.45, 7) is 7.17. The lowest BCUT2D eigenvalue weighted by atomic mass is 10.0. The Morgan fingerprint density at radius 1 is 0.929 bits per heavy atom. The van der Waals surface area contributed by atoms with Gasteiger partial charge in [-0.2, -0.15) is 0 Å². The highest BCUT2D eigenvalue weighted by molar-refractivity contribution is 6.26. The number of rotatable bonds is 16. The number of benzene rings is 1. The van der Waals surface area contributed by atoms with Crippen LogP contribution in [0.4, 0.5) is 5.69 Å². The quantitative estimate of drug-likeness (QED) is 0.165. The number of anilines is 1. The molecule has 1 aromatic carbocycles. The average molecular weight is 590 g/mol. The molecular weight excluding hydrogens is 550 g/mol. The first-order valence-electron chi connectivity index (χ1n) is 14.1. The van der Waals surface area contributed by atoms with Gasteiger partial charge in [-0.05, 0) is 52.2 Å². The molecule has 1 saturated heterocycles. The normalized spacial score (nSPS) is 16.8. The zero-order chi connectivity index (χ0) is 30.7. The Balaban J connectivity index is 1.27. The minimum atomic E-state index is -1.07. The van der Waals surface area contributed by atoms with E-state index in [2.05, 4.69) is 10.6 Å². The van der Waals surface area contributed by atoms with Crippen molar-refractivity contribution in [2.75, 3.05) is 45.0 Å². The molecule has 2 aliphatic heterocycles. The molecule has 0 radical (unpaired) electrons. The van der Waals surface area contributed by atoms with E-state index in [9.17, 15) is 28.8 Å². The number of amides is 5. The Hall–Kier alpha value is -3.68. The molecule has 1 atom stereocenters. The van der Waals surface area contributed by atoms with Crippen molar-refractivity contribution in [3.8, 4) is 0 Å². The molecule has 5 amide bonds. The SMILES string of the molecule is CC(C)(C)OC(=O)COCCOCCOCCCCCC(=O)Nc1cccc2c1C(=O)N(C1CCC(=O)NC1=O)C2=O. The number of nitrogens with zero attached hydrogens (tertiary/aromatic N) is 1. The van der Waals surface area contributed by atoms with E-state index in [1.165, 1.54) is 6.07 Å². The lowest BCUT2D eigenvalue weighted by Crippen LogP contribution is -2.54. The number of ether oxygens (including phenoxy) is 4. The Labute approximate surface area is 244 Å². The molecule has 230 valence electrons. The third kappa shape index (κ3) is 9.71. The van der Waals surface area contributed by atoms with Gasteiger partial charge in [0.25, 0.3) is 11.8 Å². The fourth-order valence-electron chi connectivity index (χ4n) is 4.46. The van der Waals surface area contributed by atoms with E-state index in [0.29, 0.717) is 32.8 Å². The smallest absolute Gasteiger partial charge is 0.332 e. The number of esters is 1. The van der Waals surface area contributed by atoms with Crippen molar-refractivity contribution in [3.05, 3.63) is 29.3 Å². The second kappa shape index (κ2) is 15.5. The molecule has 1 unspecified atom stereocenters. The number of hydrogen-bond donors (Lipinski definition) is 2. The Bertz CT molecular complexity index is 1180. The summed E-state index contributed by atoms with van der Waals surface area (Å²) in [6.07, 6.45) is 2.41. The molecule has 2 heterocycles. The summed E-state index contributed by atoms with van der Waals surface area (Å²) in [4.78, 5) is 74.7.